The topological polar surface area (TPSA) is 41.9 Å². The maximum Gasteiger partial charge on any atom is 0.181 e. The molecule has 0 radical (unpaired) electrons. The van der Waals surface area contributed by atoms with Crippen LogP contribution in [0.3, 0.4) is 0 Å². The number of rotatable bonds is 3. The van der Waals surface area contributed by atoms with Crippen molar-refractivity contribution in [1.29, 1.82) is 0 Å². The molecule has 0 heterocycles. The van der Waals surface area contributed by atoms with Crippen LogP contribution in [-0.2, 0) is 4.84 Å². The summed E-state index contributed by atoms with van der Waals surface area (Å²) in [4.78, 5) is 15.5. The Morgan fingerprint density at radius 2 is 2.12 bits per heavy atom. The zero-order chi connectivity index (χ0) is 6.57. The Labute approximate surface area is 48.4 Å². The van der Waals surface area contributed by atoms with E-state index in [4.69, 9.17) is 0 Å². The maximum absolute atomic E-state index is 9.42. The second-order valence-corrected chi connectivity index (χ2v) is 1.74. The van der Waals surface area contributed by atoms with Gasteiger partial charge in [0.2, 0.25) is 0 Å². The lowest BCUT2D eigenvalue weighted by atomic mass is 10.6. The van der Waals surface area contributed by atoms with Gasteiger partial charge < -0.3 is 4.84 Å². The Balaban J connectivity index is 3.30. The standard InChI is InChI=1S/C4H10N2O2/c1-4(6(2)3)8-5-7/h4H,1-3H3. The molecule has 0 aromatic carbocycles. The quantitative estimate of drug-likeness (QED) is 0.309. The molecule has 0 bridgehead atoms. The molecule has 1 unspecified atom stereocenters. The highest BCUT2D eigenvalue weighted by molar-refractivity contribution is 4.40. The van der Waals surface area contributed by atoms with Gasteiger partial charge in [-0.15, -0.1) is 4.91 Å². The Hall–Kier alpha value is -0.640. The molecule has 0 fully saturated rings. The molecule has 0 N–H and O–H groups in total. The van der Waals surface area contributed by atoms with Crippen LogP contribution in [-0.4, -0.2) is 25.2 Å². The summed E-state index contributed by atoms with van der Waals surface area (Å²) in [5.41, 5.74) is 0. The molecule has 0 aliphatic rings. The molecule has 1 atom stereocenters. The summed E-state index contributed by atoms with van der Waals surface area (Å²) in [5.74, 6) is 0. The van der Waals surface area contributed by atoms with Gasteiger partial charge in [0.1, 0.15) is 0 Å². The fourth-order valence-electron chi connectivity index (χ4n) is 0.157. The first kappa shape index (κ1) is 7.36. The second-order valence-electron chi connectivity index (χ2n) is 1.74. The third-order valence-corrected chi connectivity index (χ3v) is 0.923. The summed E-state index contributed by atoms with van der Waals surface area (Å²) in [5, 5.41) is 2.27. The third kappa shape index (κ3) is 2.52. The molecular weight excluding hydrogens is 108 g/mol. The molecule has 0 amide bonds. The molecule has 0 aromatic heterocycles. The summed E-state index contributed by atoms with van der Waals surface area (Å²) >= 11 is 0. The van der Waals surface area contributed by atoms with E-state index in [9.17, 15) is 4.91 Å². The SMILES string of the molecule is CC(ON=O)N(C)C. The lowest BCUT2D eigenvalue weighted by Gasteiger charge is -2.14. The Kier molecular flexibility index (Phi) is 3.10. The predicted octanol–water partition coefficient (Wildman–Crippen LogP) is 0.592. The van der Waals surface area contributed by atoms with E-state index in [0.717, 1.165) is 0 Å². The van der Waals surface area contributed by atoms with Crippen molar-refractivity contribution in [1.82, 2.24) is 4.90 Å². The molecule has 0 aromatic rings. The molecule has 48 valence electrons. The lowest BCUT2D eigenvalue weighted by Crippen LogP contribution is -2.25. The van der Waals surface area contributed by atoms with Crippen LogP contribution < -0.4 is 0 Å². The molecule has 0 spiro atoms. The van der Waals surface area contributed by atoms with Gasteiger partial charge in [-0.25, -0.2) is 0 Å². The summed E-state index contributed by atoms with van der Waals surface area (Å²) in [6, 6.07) is 0. The van der Waals surface area contributed by atoms with E-state index in [1.165, 1.54) is 0 Å². The van der Waals surface area contributed by atoms with Crippen molar-refractivity contribution in [3.63, 3.8) is 0 Å². The van der Waals surface area contributed by atoms with Crippen LogP contribution in [0.4, 0.5) is 0 Å². The van der Waals surface area contributed by atoms with Gasteiger partial charge in [-0.3, -0.25) is 4.90 Å². The highest BCUT2D eigenvalue weighted by atomic mass is 16.7. The zero-order valence-electron chi connectivity index (χ0n) is 5.29. The van der Waals surface area contributed by atoms with Gasteiger partial charge in [-0.05, 0) is 21.0 Å². The Bertz CT molecular complexity index is 74.4. The van der Waals surface area contributed by atoms with Gasteiger partial charge in [0.15, 0.2) is 11.6 Å². The summed E-state index contributed by atoms with van der Waals surface area (Å²) < 4.78 is 0. The highest BCUT2D eigenvalue weighted by Gasteiger charge is 2.02. The summed E-state index contributed by atoms with van der Waals surface area (Å²) in [7, 11) is 3.60. The van der Waals surface area contributed by atoms with E-state index >= 15 is 0 Å². The minimum atomic E-state index is -0.229. The number of hydrogen-bond acceptors (Lipinski definition) is 4. The fourth-order valence-corrected chi connectivity index (χ4v) is 0.157. The van der Waals surface area contributed by atoms with Crippen LogP contribution in [0.1, 0.15) is 6.92 Å². The number of hydrogen-bond donors (Lipinski definition) is 0. The van der Waals surface area contributed by atoms with Gasteiger partial charge >= 0.3 is 0 Å². The van der Waals surface area contributed by atoms with E-state index in [1.807, 2.05) is 0 Å². The fraction of sp³-hybridized carbons (Fsp3) is 1.00. The van der Waals surface area contributed by atoms with Crippen molar-refractivity contribution >= 4 is 0 Å². The van der Waals surface area contributed by atoms with Gasteiger partial charge in [-0.2, -0.15) is 0 Å². The minimum absolute atomic E-state index is 0.229. The first-order valence-electron chi connectivity index (χ1n) is 2.33. The van der Waals surface area contributed by atoms with E-state index < -0.39 is 0 Å². The largest absolute Gasteiger partial charge is 0.345 e. The molecular formula is C4H10N2O2. The summed E-state index contributed by atoms with van der Waals surface area (Å²) in [6.07, 6.45) is -0.229. The monoisotopic (exact) mass is 118 g/mol. The van der Waals surface area contributed by atoms with E-state index in [-0.39, 0.29) is 6.23 Å². The zero-order valence-corrected chi connectivity index (χ0v) is 5.29. The van der Waals surface area contributed by atoms with Crippen molar-refractivity contribution in [3.8, 4) is 0 Å². The lowest BCUT2D eigenvalue weighted by molar-refractivity contribution is -0.0225. The molecule has 4 heteroatoms. The third-order valence-electron chi connectivity index (χ3n) is 0.923. The predicted molar refractivity (Wildman–Crippen MR) is 30.0 cm³/mol. The van der Waals surface area contributed by atoms with Gasteiger partial charge in [0, 0.05) is 0 Å². The van der Waals surface area contributed by atoms with Crippen molar-refractivity contribution < 1.29 is 4.84 Å². The normalized spacial score (nSPS) is 13.5. The molecule has 0 aliphatic heterocycles. The van der Waals surface area contributed by atoms with Gasteiger partial charge in [0.25, 0.3) is 0 Å². The molecule has 0 saturated carbocycles. The van der Waals surface area contributed by atoms with Crippen molar-refractivity contribution in [3.05, 3.63) is 4.91 Å². The molecule has 0 rings (SSSR count). The van der Waals surface area contributed by atoms with Crippen molar-refractivity contribution in [2.75, 3.05) is 14.1 Å². The first-order valence-corrected chi connectivity index (χ1v) is 2.33. The summed E-state index contributed by atoms with van der Waals surface area (Å²) in [6.45, 7) is 1.74. The molecule has 8 heavy (non-hydrogen) atoms. The van der Waals surface area contributed by atoms with E-state index in [1.54, 1.807) is 25.9 Å². The molecule has 0 saturated heterocycles. The smallest absolute Gasteiger partial charge is 0.181 e. The van der Waals surface area contributed by atoms with Crippen molar-refractivity contribution in [2.45, 2.75) is 13.2 Å². The number of nitrogens with zero attached hydrogens (tertiary/aromatic N) is 2. The van der Waals surface area contributed by atoms with Crippen LogP contribution in [0.2, 0.25) is 0 Å². The van der Waals surface area contributed by atoms with Crippen molar-refractivity contribution in [2.24, 2.45) is 5.34 Å². The highest BCUT2D eigenvalue weighted by Crippen LogP contribution is 1.92. The second kappa shape index (κ2) is 3.37. The maximum atomic E-state index is 9.42. The first-order chi connectivity index (χ1) is 3.68. The van der Waals surface area contributed by atoms with E-state index in [0.29, 0.717) is 0 Å². The van der Waals surface area contributed by atoms with E-state index in [2.05, 4.69) is 10.2 Å². The van der Waals surface area contributed by atoms with Gasteiger partial charge in [0.05, 0.1) is 0 Å². The van der Waals surface area contributed by atoms with Gasteiger partial charge in [-0.1, -0.05) is 0 Å². The minimum Gasteiger partial charge on any atom is -0.345 e. The molecule has 0 aliphatic carbocycles. The van der Waals surface area contributed by atoms with Crippen LogP contribution >= 0.6 is 0 Å². The van der Waals surface area contributed by atoms with Crippen LogP contribution in [0.5, 0.6) is 0 Å². The molecule has 4 nitrogen and oxygen atoms in total. The van der Waals surface area contributed by atoms with Crippen LogP contribution in [0, 0.1) is 4.91 Å². The van der Waals surface area contributed by atoms with Crippen LogP contribution in [0.25, 0.3) is 0 Å². The average molecular weight is 118 g/mol. The average Bonchev–Trinajstić information content (AvgIpc) is 1.67. The van der Waals surface area contributed by atoms with Crippen LogP contribution in [0.15, 0.2) is 5.34 Å². The Morgan fingerprint density at radius 3 is 2.25 bits per heavy atom. The Morgan fingerprint density at radius 1 is 1.62 bits per heavy atom.